The molecule has 1 aromatic carbocycles. The molecule has 4 heteroatoms. The van der Waals surface area contributed by atoms with E-state index in [2.05, 4.69) is 5.32 Å². The quantitative estimate of drug-likeness (QED) is 0.820. The van der Waals surface area contributed by atoms with Gasteiger partial charge in [0.05, 0.1) is 0 Å². The fraction of sp³-hybridized carbons (Fsp3) is 0.286. The maximum atomic E-state index is 11.9. The minimum atomic E-state index is -0.579. The molecule has 18 heavy (non-hydrogen) atoms. The summed E-state index contributed by atoms with van der Waals surface area (Å²) in [6, 6.07) is 7.34. The van der Waals surface area contributed by atoms with Crippen molar-refractivity contribution in [1.82, 2.24) is 5.32 Å². The van der Waals surface area contributed by atoms with Crippen LogP contribution in [0.3, 0.4) is 0 Å². The van der Waals surface area contributed by atoms with Gasteiger partial charge in [0.25, 0.3) is 5.91 Å². The molecule has 1 aliphatic carbocycles. The van der Waals surface area contributed by atoms with Gasteiger partial charge in [0.1, 0.15) is 11.1 Å². The Labute approximate surface area is 104 Å². The lowest BCUT2D eigenvalue weighted by Gasteiger charge is -2.03. The number of benzene rings is 1. The summed E-state index contributed by atoms with van der Waals surface area (Å²) < 4.78 is 5.15. The molecule has 1 aliphatic rings. The van der Waals surface area contributed by atoms with E-state index in [4.69, 9.17) is 4.42 Å². The average Bonchev–Trinajstić information content (AvgIpc) is 3.12. The van der Waals surface area contributed by atoms with Gasteiger partial charge in [0, 0.05) is 11.4 Å². The van der Waals surface area contributed by atoms with Crippen molar-refractivity contribution in [3.63, 3.8) is 0 Å². The van der Waals surface area contributed by atoms with Gasteiger partial charge in [-0.3, -0.25) is 4.79 Å². The van der Waals surface area contributed by atoms with E-state index in [1.165, 1.54) is 0 Å². The van der Waals surface area contributed by atoms with Gasteiger partial charge in [-0.05, 0) is 38.0 Å². The van der Waals surface area contributed by atoms with Crippen molar-refractivity contribution >= 4 is 16.9 Å². The number of rotatable bonds is 2. The lowest BCUT2D eigenvalue weighted by Crippen LogP contribution is -2.29. The molecule has 0 unspecified atom stereocenters. The molecule has 3 rings (SSSR count). The molecule has 0 spiro atoms. The average molecular weight is 243 g/mol. The van der Waals surface area contributed by atoms with Crippen molar-refractivity contribution in [2.75, 3.05) is 0 Å². The van der Waals surface area contributed by atoms with Crippen LogP contribution in [0.15, 0.2) is 33.5 Å². The van der Waals surface area contributed by atoms with Crippen LogP contribution in [0.5, 0.6) is 0 Å². The van der Waals surface area contributed by atoms with Crippen LogP contribution >= 0.6 is 0 Å². The molecule has 0 aliphatic heterocycles. The summed E-state index contributed by atoms with van der Waals surface area (Å²) in [5.74, 6) is -0.338. The Hall–Kier alpha value is -2.10. The van der Waals surface area contributed by atoms with E-state index in [1.807, 2.05) is 19.1 Å². The molecular weight excluding hydrogens is 230 g/mol. The van der Waals surface area contributed by atoms with Crippen molar-refractivity contribution in [2.45, 2.75) is 25.8 Å². The molecule has 0 atom stereocenters. The highest BCUT2D eigenvalue weighted by molar-refractivity contribution is 5.97. The van der Waals surface area contributed by atoms with E-state index < -0.39 is 5.63 Å². The minimum Gasteiger partial charge on any atom is -0.422 e. The van der Waals surface area contributed by atoms with Gasteiger partial charge in [0.2, 0.25) is 0 Å². The third kappa shape index (κ3) is 2.01. The van der Waals surface area contributed by atoms with Gasteiger partial charge in [-0.1, -0.05) is 11.6 Å². The zero-order valence-corrected chi connectivity index (χ0v) is 10.0. The highest BCUT2D eigenvalue weighted by Gasteiger charge is 2.25. The van der Waals surface area contributed by atoms with E-state index in [1.54, 1.807) is 12.1 Å². The van der Waals surface area contributed by atoms with E-state index in [0.717, 1.165) is 23.8 Å². The SMILES string of the molecule is Cc1ccc2oc(=O)c(C(=O)NC3CC3)cc2c1. The number of nitrogens with one attached hydrogen (secondary N) is 1. The van der Waals surface area contributed by atoms with Gasteiger partial charge in [-0.25, -0.2) is 4.79 Å². The summed E-state index contributed by atoms with van der Waals surface area (Å²) >= 11 is 0. The Kier molecular flexibility index (Phi) is 2.44. The number of carbonyl (C=O) groups is 1. The van der Waals surface area contributed by atoms with Crippen molar-refractivity contribution in [1.29, 1.82) is 0 Å². The topological polar surface area (TPSA) is 59.3 Å². The van der Waals surface area contributed by atoms with Crippen LogP contribution in [0.4, 0.5) is 0 Å². The summed E-state index contributed by atoms with van der Waals surface area (Å²) in [4.78, 5) is 23.6. The van der Waals surface area contributed by atoms with Gasteiger partial charge >= 0.3 is 5.63 Å². The molecule has 1 heterocycles. The second kappa shape index (κ2) is 3.98. The summed E-state index contributed by atoms with van der Waals surface area (Å²) in [6.45, 7) is 1.95. The molecule has 1 amide bonds. The summed E-state index contributed by atoms with van der Waals surface area (Å²) in [7, 11) is 0. The third-order valence-corrected chi connectivity index (χ3v) is 3.04. The van der Waals surface area contributed by atoms with Crippen molar-refractivity contribution in [2.24, 2.45) is 0 Å². The molecule has 1 N–H and O–H groups in total. The molecule has 4 nitrogen and oxygen atoms in total. The molecule has 92 valence electrons. The number of aryl methyl sites for hydroxylation is 1. The standard InChI is InChI=1S/C14H13NO3/c1-8-2-5-12-9(6-8)7-11(14(17)18-12)13(16)15-10-3-4-10/h2,5-7,10H,3-4H2,1H3,(H,15,16). The number of carbonyl (C=O) groups excluding carboxylic acids is 1. The van der Waals surface area contributed by atoms with Gasteiger partial charge in [0.15, 0.2) is 0 Å². The lowest BCUT2D eigenvalue weighted by molar-refractivity contribution is 0.0947. The van der Waals surface area contributed by atoms with E-state index in [0.29, 0.717) is 5.58 Å². The Bertz CT molecular complexity index is 683. The summed E-state index contributed by atoms with van der Waals surface area (Å²) in [5, 5.41) is 3.57. The Morgan fingerprint density at radius 3 is 2.83 bits per heavy atom. The van der Waals surface area contributed by atoms with E-state index in [9.17, 15) is 9.59 Å². The Morgan fingerprint density at radius 1 is 1.33 bits per heavy atom. The predicted molar refractivity (Wildman–Crippen MR) is 67.7 cm³/mol. The number of hydrogen-bond donors (Lipinski definition) is 1. The molecule has 0 radical (unpaired) electrons. The van der Waals surface area contributed by atoms with Crippen LogP contribution in [0.1, 0.15) is 28.8 Å². The first kappa shape index (κ1) is 11.0. The van der Waals surface area contributed by atoms with Crippen LogP contribution in [0.25, 0.3) is 11.0 Å². The first-order chi connectivity index (χ1) is 8.63. The predicted octanol–water partition coefficient (Wildman–Crippen LogP) is 1.99. The highest BCUT2D eigenvalue weighted by atomic mass is 16.4. The number of amides is 1. The van der Waals surface area contributed by atoms with Gasteiger partial charge < -0.3 is 9.73 Å². The summed E-state index contributed by atoms with van der Waals surface area (Å²) in [6.07, 6.45) is 1.98. The van der Waals surface area contributed by atoms with Crippen LogP contribution in [0, 0.1) is 6.92 Å². The zero-order valence-electron chi connectivity index (χ0n) is 10.0. The van der Waals surface area contributed by atoms with Crippen molar-refractivity contribution in [3.05, 3.63) is 45.8 Å². The van der Waals surface area contributed by atoms with Crippen LogP contribution in [-0.2, 0) is 0 Å². The monoisotopic (exact) mass is 243 g/mol. The molecule has 1 fully saturated rings. The Balaban J connectivity index is 2.07. The smallest absolute Gasteiger partial charge is 0.349 e. The molecular formula is C14H13NO3. The first-order valence-corrected chi connectivity index (χ1v) is 5.99. The molecule has 1 aromatic heterocycles. The van der Waals surface area contributed by atoms with Crippen LogP contribution in [0.2, 0.25) is 0 Å². The first-order valence-electron chi connectivity index (χ1n) is 5.99. The molecule has 0 bridgehead atoms. The van der Waals surface area contributed by atoms with Crippen molar-refractivity contribution < 1.29 is 9.21 Å². The van der Waals surface area contributed by atoms with Crippen LogP contribution < -0.4 is 10.9 Å². The van der Waals surface area contributed by atoms with Gasteiger partial charge in [-0.15, -0.1) is 0 Å². The molecule has 2 aromatic rings. The number of hydrogen-bond acceptors (Lipinski definition) is 3. The fourth-order valence-corrected chi connectivity index (χ4v) is 1.89. The second-order valence-corrected chi connectivity index (χ2v) is 4.74. The van der Waals surface area contributed by atoms with Gasteiger partial charge in [-0.2, -0.15) is 0 Å². The van der Waals surface area contributed by atoms with E-state index in [-0.39, 0.29) is 17.5 Å². The maximum Gasteiger partial charge on any atom is 0.349 e. The Morgan fingerprint density at radius 2 is 2.11 bits per heavy atom. The van der Waals surface area contributed by atoms with E-state index >= 15 is 0 Å². The minimum absolute atomic E-state index is 0.0833. The van der Waals surface area contributed by atoms with Crippen LogP contribution in [-0.4, -0.2) is 11.9 Å². The largest absolute Gasteiger partial charge is 0.422 e. The maximum absolute atomic E-state index is 11.9. The lowest BCUT2D eigenvalue weighted by atomic mass is 10.1. The molecule has 0 saturated heterocycles. The normalized spacial score (nSPS) is 14.7. The second-order valence-electron chi connectivity index (χ2n) is 4.74. The molecule has 1 saturated carbocycles. The third-order valence-electron chi connectivity index (χ3n) is 3.04. The fourth-order valence-electron chi connectivity index (χ4n) is 1.89. The zero-order chi connectivity index (χ0) is 12.7. The number of fused-ring (bicyclic) bond motifs is 1. The summed E-state index contributed by atoms with van der Waals surface area (Å²) in [5.41, 5.74) is 1.07. The van der Waals surface area contributed by atoms with Crippen molar-refractivity contribution in [3.8, 4) is 0 Å². The highest BCUT2D eigenvalue weighted by Crippen LogP contribution is 2.20.